The Labute approximate surface area is 113 Å². The van der Waals surface area contributed by atoms with Crippen molar-refractivity contribution in [2.45, 2.75) is 31.4 Å². The first-order valence-corrected chi connectivity index (χ1v) is 8.76. The van der Waals surface area contributed by atoms with Crippen LogP contribution in [0.4, 0.5) is 0 Å². The molecule has 0 bridgehead atoms. The molecule has 17 heavy (non-hydrogen) atoms. The Bertz CT molecular complexity index is 526. The van der Waals surface area contributed by atoms with Crippen LogP contribution in [0.1, 0.15) is 34.5 Å². The second-order valence-corrected chi connectivity index (χ2v) is 8.96. The first kappa shape index (κ1) is 13.2. The predicted molar refractivity (Wildman–Crippen MR) is 72.5 cm³/mol. The molecule has 0 amide bonds. The van der Waals surface area contributed by atoms with Crippen molar-refractivity contribution in [1.82, 2.24) is 0 Å². The fraction of sp³-hybridized carbons (Fsp3) is 0.545. The van der Waals surface area contributed by atoms with Gasteiger partial charge in [-0.05, 0) is 47.3 Å². The molecule has 1 aliphatic rings. The molecule has 0 N–H and O–H groups in total. The largest absolute Gasteiger partial charge is 0.292 e. The van der Waals surface area contributed by atoms with Crippen molar-refractivity contribution in [1.29, 1.82) is 0 Å². The molecular weight excluding hydrogens is 324 g/mol. The molecule has 0 spiro atoms. The van der Waals surface area contributed by atoms with Gasteiger partial charge in [0.25, 0.3) is 0 Å². The summed E-state index contributed by atoms with van der Waals surface area (Å²) >= 11 is 4.67. The minimum Gasteiger partial charge on any atom is -0.292 e. The van der Waals surface area contributed by atoms with Crippen LogP contribution in [0.25, 0.3) is 0 Å². The van der Waals surface area contributed by atoms with Gasteiger partial charge in [-0.25, -0.2) is 8.42 Å². The average Bonchev–Trinajstić information content (AvgIpc) is 2.58. The Kier molecular flexibility index (Phi) is 3.75. The monoisotopic (exact) mass is 336 g/mol. The molecule has 2 heterocycles. The Morgan fingerprint density at radius 3 is 2.71 bits per heavy atom. The predicted octanol–water partition coefficient (Wildman–Crippen LogP) is 2.97. The maximum absolute atomic E-state index is 12.2. The zero-order valence-corrected chi connectivity index (χ0v) is 12.6. The van der Waals surface area contributed by atoms with Crippen LogP contribution in [0.15, 0.2) is 9.85 Å². The van der Waals surface area contributed by atoms with Gasteiger partial charge in [0.15, 0.2) is 15.6 Å². The van der Waals surface area contributed by atoms with E-state index in [1.807, 2.05) is 6.92 Å². The lowest BCUT2D eigenvalue weighted by atomic mass is 10.1. The van der Waals surface area contributed by atoms with Gasteiger partial charge >= 0.3 is 0 Å². The van der Waals surface area contributed by atoms with Crippen molar-refractivity contribution in [3.63, 3.8) is 0 Å². The van der Waals surface area contributed by atoms with Crippen LogP contribution >= 0.6 is 27.3 Å². The summed E-state index contributed by atoms with van der Waals surface area (Å²) in [6, 6.07) is 1.77. The highest BCUT2D eigenvalue weighted by Gasteiger charge is 2.35. The maximum Gasteiger partial charge on any atom is 0.190 e. The van der Waals surface area contributed by atoms with E-state index < -0.39 is 15.1 Å². The van der Waals surface area contributed by atoms with Gasteiger partial charge in [0.05, 0.1) is 14.4 Å². The number of rotatable bonds is 2. The number of halogens is 1. The van der Waals surface area contributed by atoms with Gasteiger partial charge in [0.1, 0.15) is 5.25 Å². The number of hydrogen-bond acceptors (Lipinski definition) is 4. The lowest BCUT2D eigenvalue weighted by Gasteiger charge is -2.20. The molecule has 0 radical (unpaired) electrons. The third-order valence-corrected chi connectivity index (χ3v) is 7.30. The number of sulfone groups is 1. The Balaban J connectivity index is 2.31. The molecule has 3 nitrogen and oxygen atoms in total. The van der Waals surface area contributed by atoms with E-state index in [9.17, 15) is 13.2 Å². The Morgan fingerprint density at radius 1 is 1.47 bits per heavy atom. The highest BCUT2D eigenvalue weighted by atomic mass is 79.9. The molecule has 1 saturated heterocycles. The van der Waals surface area contributed by atoms with Crippen LogP contribution in [0.5, 0.6) is 0 Å². The van der Waals surface area contributed by atoms with Gasteiger partial charge in [0, 0.05) is 0 Å². The molecule has 1 unspecified atom stereocenters. The van der Waals surface area contributed by atoms with Gasteiger partial charge in [-0.2, -0.15) is 0 Å². The fourth-order valence-corrected chi connectivity index (χ4v) is 5.46. The molecule has 0 saturated carbocycles. The third kappa shape index (κ3) is 2.63. The van der Waals surface area contributed by atoms with Crippen LogP contribution in [0, 0.1) is 6.92 Å². The van der Waals surface area contributed by atoms with Crippen LogP contribution in [-0.4, -0.2) is 25.2 Å². The zero-order chi connectivity index (χ0) is 12.6. The molecule has 6 heteroatoms. The van der Waals surface area contributed by atoms with E-state index in [2.05, 4.69) is 15.9 Å². The minimum atomic E-state index is -3.23. The fourth-order valence-electron chi connectivity index (χ4n) is 1.99. The molecule has 1 aliphatic heterocycles. The summed E-state index contributed by atoms with van der Waals surface area (Å²) in [7, 11) is -3.23. The van der Waals surface area contributed by atoms with Crippen LogP contribution < -0.4 is 0 Å². The number of hydrogen-bond donors (Lipinski definition) is 0. The van der Waals surface area contributed by atoms with E-state index in [0.29, 0.717) is 17.7 Å². The molecule has 1 atom stereocenters. The van der Waals surface area contributed by atoms with Gasteiger partial charge in [0.2, 0.25) is 0 Å². The lowest BCUT2D eigenvalue weighted by Crippen LogP contribution is -2.35. The first-order chi connectivity index (χ1) is 7.92. The highest BCUT2D eigenvalue weighted by molar-refractivity contribution is 9.11. The molecule has 1 aromatic heterocycles. The molecule has 2 rings (SSSR count). The van der Waals surface area contributed by atoms with Crippen LogP contribution in [0.2, 0.25) is 0 Å². The van der Waals surface area contributed by atoms with E-state index in [-0.39, 0.29) is 11.5 Å². The first-order valence-electron chi connectivity index (χ1n) is 5.43. The Morgan fingerprint density at radius 2 is 2.18 bits per heavy atom. The van der Waals surface area contributed by atoms with E-state index in [4.69, 9.17) is 0 Å². The van der Waals surface area contributed by atoms with E-state index >= 15 is 0 Å². The minimum absolute atomic E-state index is 0.148. The van der Waals surface area contributed by atoms with Crippen molar-refractivity contribution in [3.8, 4) is 0 Å². The van der Waals surface area contributed by atoms with E-state index in [1.54, 1.807) is 6.07 Å². The second kappa shape index (κ2) is 4.82. The third-order valence-electron chi connectivity index (χ3n) is 2.97. The van der Waals surface area contributed by atoms with Crippen molar-refractivity contribution in [3.05, 3.63) is 20.3 Å². The Hall–Kier alpha value is -0.200. The molecule has 1 fully saturated rings. The molecule has 94 valence electrons. The summed E-state index contributed by atoms with van der Waals surface area (Å²) in [5.74, 6) is -0.0851. The standard InChI is InChI=1S/C11H13BrO3S2/c1-7-6-8(16-11(7)12)10(13)9-4-2-3-5-17(9,14)15/h6,9H,2-5H2,1H3. The van der Waals surface area contributed by atoms with Crippen LogP contribution in [0.3, 0.4) is 0 Å². The van der Waals surface area contributed by atoms with Crippen molar-refractivity contribution in [2.75, 3.05) is 5.75 Å². The molecule has 1 aromatic rings. The zero-order valence-electron chi connectivity index (χ0n) is 9.40. The number of carbonyl (C=O) groups excluding carboxylic acids is 1. The molecular formula is C11H13BrO3S2. The summed E-state index contributed by atoms with van der Waals surface area (Å²) in [6.07, 6.45) is 1.97. The number of aryl methyl sites for hydroxylation is 1. The summed E-state index contributed by atoms with van der Waals surface area (Å²) in [4.78, 5) is 12.7. The number of Topliss-reactive ketones (excluding diaryl/α,β-unsaturated/α-hetero) is 1. The van der Waals surface area contributed by atoms with Crippen molar-refractivity contribution < 1.29 is 13.2 Å². The van der Waals surface area contributed by atoms with Gasteiger partial charge in [-0.1, -0.05) is 6.42 Å². The quantitative estimate of drug-likeness (QED) is 0.780. The highest BCUT2D eigenvalue weighted by Crippen LogP contribution is 2.31. The van der Waals surface area contributed by atoms with E-state index in [1.165, 1.54) is 11.3 Å². The summed E-state index contributed by atoms with van der Waals surface area (Å²) < 4.78 is 24.6. The second-order valence-electron chi connectivity index (χ2n) is 4.28. The van der Waals surface area contributed by atoms with Gasteiger partial charge < -0.3 is 0 Å². The van der Waals surface area contributed by atoms with Crippen molar-refractivity contribution in [2.24, 2.45) is 0 Å². The van der Waals surface area contributed by atoms with Gasteiger partial charge in [-0.3, -0.25) is 4.79 Å². The average molecular weight is 337 g/mol. The lowest BCUT2D eigenvalue weighted by molar-refractivity contribution is 0.0985. The SMILES string of the molecule is Cc1cc(C(=O)C2CCCCS2(=O)=O)sc1Br. The normalized spacial score (nSPS) is 23.5. The molecule has 0 aromatic carbocycles. The maximum atomic E-state index is 12.2. The topological polar surface area (TPSA) is 51.2 Å². The summed E-state index contributed by atoms with van der Waals surface area (Å²) in [5, 5.41) is -0.818. The molecule has 0 aliphatic carbocycles. The number of thiophene rings is 1. The van der Waals surface area contributed by atoms with Crippen LogP contribution in [-0.2, 0) is 9.84 Å². The van der Waals surface area contributed by atoms with E-state index in [0.717, 1.165) is 15.8 Å². The summed E-state index contributed by atoms with van der Waals surface area (Å²) in [6.45, 7) is 1.90. The van der Waals surface area contributed by atoms with Crippen molar-refractivity contribution >= 4 is 42.9 Å². The summed E-state index contributed by atoms with van der Waals surface area (Å²) in [5.41, 5.74) is 0.978. The smallest absolute Gasteiger partial charge is 0.190 e. The van der Waals surface area contributed by atoms with Gasteiger partial charge in [-0.15, -0.1) is 11.3 Å². The number of ketones is 1. The number of carbonyl (C=O) groups is 1.